The van der Waals surface area contributed by atoms with Crippen LogP contribution in [0.2, 0.25) is 0 Å². The van der Waals surface area contributed by atoms with Crippen molar-refractivity contribution in [2.75, 3.05) is 47.8 Å². The fraction of sp³-hybridized carbons (Fsp3) is 0.462. The molecule has 9 heteroatoms. The summed E-state index contributed by atoms with van der Waals surface area (Å²) in [6.45, 7) is 4.91. The Morgan fingerprint density at radius 2 is 1.51 bits per heavy atom. The largest absolute Gasteiger partial charge is 0.371 e. The molecule has 3 aliphatic heterocycles. The quantitative estimate of drug-likeness (QED) is 0.683. The summed E-state index contributed by atoms with van der Waals surface area (Å²) in [4.78, 5) is 29.4. The van der Waals surface area contributed by atoms with Gasteiger partial charge in [-0.1, -0.05) is 6.42 Å². The minimum absolute atomic E-state index is 0.00233. The Hall–Kier alpha value is -2.91. The molecule has 2 aromatic rings. The van der Waals surface area contributed by atoms with Gasteiger partial charge in [0.2, 0.25) is 15.9 Å². The van der Waals surface area contributed by atoms with E-state index in [2.05, 4.69) is 10.2 Å². The fourth-order valence-electron chi connectivity index (χ4n) is 5.35. The van der Waals surface area contributed by atoms with Crippen molar-refractivity contribution in [2.45, 2.75) is 50.3 Å². The lowest BCUT2D eigenvalue weighted by Gasteiger charge is -2.27. The van der Waals surface area contributed by atoms with Crippen molar-refractivity contribution in [3.8, 4) is 0 Å². The predicted octanol–water partition coefficient (Wildman–Crippen LogP) is 3.62. The second-order valence-corrected chi connectivity index (χ2v) is 11.5. The number of piperidine rings is 1. The minimum Gasteiger partial charge on any atom is -0.371 e. The van der Waals surface area contributed by atoms with Crippen LogP contribution in [-0.4, -0.2) is 57.3 Å². The smallest absolute Gasteiger partial charge is 0.257 e. The summed E-state index contributed by atoms with van der Waals surface area (Å²) in [5, 5.41) is 2.98. The number of sulfonamides is 1. The summed E-state index contributed by atoms with van der Waals surface area (Å²) in [5.41, 5.74) is 3.66. The summed E-state index contributed by atoms with van der Waals surface area (Å²) in [6.07, 6.45) is 5.59. The van der Waals surface area contributed by atoms with Crippen molar-refractivity contribution in [2.24, 2.45) is 0 Å². The van der Waals surface area contributed by atoms with Gasteiger partial charge in [-0.2, -0.15) is 4.31 Å². The highest BCUT2D eigenvalue weighted by atomic mass is 32.2. The molecule has 2 amide bonds. The van der Waals surface area contributed by atoms with E-state index in [9.17, 15) is 18.0 Å². The van der Waals surface area contributed by atoms with Gasteiger partial charge in [0.15, 0.2) is 0 Å². The summed E-state index contributed by atoms with van der Waals surface area (Å²) in [7, 11) is -3.66. The average molecular weight is 497 g/mol. The molecule has 0 bridgehead atoms. The van der Waals surface area contributed by atoms with Crippen LogP contribution in [0.25, 0.3) is 0 Å². The molecule has 35 heavy (non-hydrogen) atoms. The lowest BCUT2D eigenvalue weighted by Crippen LogP contribution is -2.35. The highest BCUT2D eigenvalue weighted by Gasteiger charge is 2.29. The second-order valence-electron chi connectivity index (χ2n) is 9.56. The van der Waals surface area contributed by atoms with Crippen LogP contribution in [0.5, 0.6) is 0 Å². The number of hydrogen-bond donors (Lipinski definition) is 1. The average Bonchev–Trinajstić information content (AvgIpc) is 3.54. The van der Waals surface area contributed by atoms with Crippen molar-refractivity contribution in [3.05, 3.63) is 47.5 Å². The molecule has 186 valence electrons. The van der Waals surface area contributed by atoms with Gasteiger partial charge in [-0.15, -0.1) is 0 Å². The Labute approximate surface area is 206 Å². The standard InChI is InChI=1S/C26H32N4O4S/c1-19(31)30-16-11-20-17-21(7-9-24(20)30)27-26(32)23-18-22(8-10-25(23)28-12-5-6-13-28)35(33,34)29-14-3-2-4-15-29/h7-10,17-18H,2-6,11-16H2,1H3,(H,27,32). The van der Waals surface area contributed by atoms with E-state index in [-0.39, 0.29) is 16.7 Å². The zero-order valence-corrected chi connectivity index (χ0v) is 20.9. The molecule has 8 nitrogen and oxygen atoms in total. The van der Waals surface area contributed by atoms with Crippen LogP contribution >= 0.6 is 0 Å². The SMILES string of the molecule is CC(=O)N1CCc2cc(NC(=O)c3cc(S(=O)(=O)N4CCCCC4)ccc3N3CCCC3)ccc21. The van der Waals surface area contributed by atoms with Gasteiger partial charge < -0.3 is 15.1 Å². The van der Waals surface area contributed by atoms with Gasteiger partial charge in [-0.05, 0) is 74.1 Å². The third kappa shape index (κ3) is 4.67. The highest BCUT2D eigenvalue weighted by Crippen LogP contribution is 2.33. The predicted molar refractivity (Wildman–Crippen MR) is 137 cm³/mol. The van der Waals surface area contributed by atoms with Gasteiger partial charge in [0.1, 0.15) is 0 Å². The van der Waals surface area contributed by atoms with Gasteiger partial charge in [0.05, 0.1) is 10.5 Å². The summed E-state index contributed by atoms with van der Waals surface area (Å²) >= 11 is 0. The number of carbonyl (C=O) groups excluding carboxylic acids is 2. The number of amides is 2. The van der Waals surface area contributed by atoms with E-state index in [1.54, 1.807) is 30.0 Å². The second kappa shape index (κ2) is 9.62. The molecule has 2 fully saturated rings. The minimum atomic E-state index is -3.66. The number of anilines is 3. The Morgan fingerprint density at radius 1 is 0.829 bits per heavy atom. The maximum atomic E-state index is 13.5. The van der Waals surface area contributed by atoms with Crippen LogP contribution < -0.4 is 15.1 Å². The van der Waals surface area contributed by atoms with Gasteiger partial charge in [-0.3, -0.25) is 9.59 Å². The van der Waals surface area contributed by atoms with E-state index >= 15 is 0 Å². The molecular formula is C26H32N4O4S. The van der Waals surface area contributed by atoms with Crippen LogP contribution in [-0.2, 0) is 21.2 Å². The molecule has 0 aromatic heterocycles. The van der Waals surface area contributed by atoms with Crippen molar-refractivity contribution in [1.29, 1.82) is 0 Å². The van der Waals surface area contributed by atoms with Crippen LogP contribution in [0.15, 0.2) is 41.3 Å². The molecular weight excluding hydrogens is 464 g/mol. The number of hydrogen-bond acceptors (Lipinski definition) is 5. The first kappa shape index (κ1) is 23.8. The Kier molecular flexibility index (Phi) is 6.55. The number of carbonyl (C=O) groups is 2. The third-order valence-corrected chi connectivity index (χ3v) is 9.12. The van der Waals surface area contributed by atoms with Crippen LogP contribution in [0.1, 0.15) is 54.9 Å². The lowest BCUT2D eigenvalue weighted by molar-refractivity contribution is -0.116. The molecule has 0 radical (unpaired) electrons. The van der Waals surface area contributed by atoms with E-state index < -0.39 is 10.0 Å². The number of nitrogens with one attached hydrogen (secondary N) is 1. The number of benzene rings is 2. The fourth-order valence-corrected chi connectivity index (χ4v) is 6.89. The van der Waals surface area contributed by atoms with E-state index in [1.807, 2.05) is 12.1 Å². The van der Waals surface area contributed by atoms with E-state index in [4.69, 9.17) is 0 Å². The molecule has 0 spiro atoms. The van der Waals surface area contributed by atoms with Crippen molar-refractivity contribution >= 4 is 38.9 Å². The number of rotatable bonds is 5. The molecule has 3 aliphatic rings. The van der Waals surface area contributed by atoms with Crippen molar-refractivity contribution in [3.63, 3.8) is 0 Å². The monoisotopic (exact) mass is 496 g/mol. The first-order chi connectivity index (χ1) is 16.8. The van der Waals surface area contributed by atoms with Crippen molar-refractivity contribution in [1.82, 2.24) is 4.31 Å². The zero-order valence-electron chi connectivity index (χ0n) is 20.1. The normalized spacial score (nSPS) is 18.5. The van der Waals surface area contributed by atoms with E-state index in [1.165, 1.54) is 10.4 Å². The van der Waals surface area contributed by atoms with E-state index in [0.717, 1.165) is 68.6 Å². The number of fused-ring (bicyclic) bond motifs is 1. The maximum Gasteiger partial charge on any atom is 0.257 e. The molecule has 0 aliphatic carbocycles. The van der Waals surface area contributed by atoms with Gasteiger partial charge in [0, 0.05) is 56.7 Å². The first-order valence-corrected chi connectivity index (χ1v) is 13.9. The Bertz CT molecular complexity index is 1250. The van der Waals surface area contributed by atoms with Gasteiger partial charge in [0.25, 0.3) is 5.91 Å². The van der Waals surface area contributed by atoms with Crippen molar-refractivity contribution < 1.29 is 18.0 Å². The maximum absolute atomic E-state index is 13.5. The van der Waals surface area contributed by atoms with Crippen LogP contribution in [0.4, 0.5) is 17.1 Å². The molecule has 0 saturated carbocycles. The molecule has 3 heterocycles. The molecule has 0 atom stereocenters. The molecule has 1 N–H and O–H groups in total. The summed E-state index contributed by atoms with van der Waals surface area (Å²) < 4.78 is 28.2. The molecule has 2 aromatic carbocycles. The van der Waals surface area contributed by atoms with Crippen LogP contribution in [0.3, 0.4) is 0 Å². The van der Waals surface area contributed by atoms with Crippen LogP contribution in [0, 0.1) is 0 Å². The van der Waals surface area contributed by atoms with Gasteiger partial charge >= 0.3 is 0 Å². The summed E-state index contributed by atoms with van der Waals surface area (Å²) in [6, 6.07) is 10.5. The third-order valence-electron chi connectivity index (χ3n) is 7.23. The Balaban J connectivity index is 1.45. The molecule has 2 saturated heterocycles. The van der Waals surface area contributed by atoms with Gasteiger partial charge in [-0.25, -0.2) is 8.42 Å². The zero-order chi connectivity index (χ0) is 24.6. The number of nitrogens with zero attached hydrogens (tertiary/aromatic N) is 3. The lowest BCUT2D eigenvalue weighted by atomic mass is 10.1. The topological polar surface area (TPSA) is 90.0 Å². The molecule has 5 rings (SSSR count). The highest BCUT2D eigenvalue weighted by molar-refractivity contribution is 7.89. The first-order valence-electron chi connectivity index (χ1n) is 12.5. The van der Waals surface area contributed by atoms with E-state index in [0.29, 0.717) is 30.9 Å². The summed E-state index contributed by atoms with van der Waals surface area (Å²) in [5.74, 6) is -0.327. The Morgan fingerprint density at radius 3 is 2.23 bits per heavy atom. The molecule has 0 unspecified atom stereocenters.